The van der Waals surface area contributed by atoms with Crippen LogP contribution in [0.3, 0.4) is 0 Å². The van der Waals surface area contributed by atoms with Crippen LogP contribution in [0.4, 0.5) is 0 Å². The summed E-state index contributed by atoms with van der Waals surface area (Å²) in [4.78, 5) is 30.4. The lowest BCUT2D eigenvalue weighted by Gasteiger charge is -2.18. The van der Waals surface area contributed by atoms with Crippen molar-refractivity contribution in [1.82, 2.24) is 4.57 Å². The monoisotopic (exact) mass is 478 g/mol. The first kappa shape index (κ1) is 22.0. The lowest BCUT2D eigenvalue weighted by atomic mass is 10.1. The third-order valence-corrected chi connectivity index (χ3v) is 6.48. The number of ether oxygens (including phenoxy) is 4. The van der Waals surface area contributed by atoms with Gasteiger partial charge in [-0.25, -0.2) is 0 Å². The zero-order valence-corrected chi connectivity index (χ0v) is 19.5. The maximum absolute atomic E-state index is 13.3. The molecule has 8 nitrogen and oxygen atoms in total. The van der Waals surface area contributed by atoms with Gasteiger partial charge in [-0.15, -0.1) is 0 Å². The van der Waals surface area contributed by atoms with E-state index in [1.807, 2.05) is 36.4 Å². The van der Waals surface area contributed by atoms with Gasteiger partial charge >= 0.3 is 5.97 Å². The number of nitrogens with zero attached hydrogens (tertiary/aromatic N) is 2. The first-order valence-electron chi connectivity index (χ1n) is 10.8. The van der Waals surface area contributed by atoms with Gasteiger partial charge in [0.1, 0.15) is 25.5 Å². The predicted octanol–water partition coefficient (Wildman–Crippen LogP) is 3.94. The number of carbonyl (C=O) groups is 2. The van der Waals surface area contributed by atoms with Crippen molar-refractivity contribution in [3.05, 3.63) is 58.9 Å². The van der Waals surface area contributed by atoms with E-state index in [-0.39, 0.29) is 13.2 Å². The van der Waals surface area contributed by atoms with E-state index in [0.717, 1.165) is 15.5 Å². The highest BCUT2D eigenvalue weighted by molar-refractivity contribution is 7.16. The summed E-state index contributed by atoms with van der Waals surface area (Å²) in [5, 5.41) is 1.86. The van der Waals surface area contributed by atoms with E-state index in [1.165, 1.54) is 18.4 Å². The molecule has 0 saturated carbocycles. The van der Waals surface area contributed by atoms with Crippen LogP contribution in [0.2, 0.25) is 0 Å². The molecule has 0 aliphatic carbocycles. The number of aromatic nitrogens is 1. The summed E-state index contributed by atoms with van der Waals surface area (Å²) < 4.78 is 24.5. The van der Waals surface area contributed by atoms with Gasteiger partial charge in [0.25, 0.3) is 5.91 Å². The van der Waals surface area contributed by atoms with E-state index in [9.17, 15) is 9.59 Å². The molecule has 1 aliphatic rings. The van der Waals surface area contributed by atoms with Crippen LogP contribution in [-0.2, 0) is 16.1 Å². The molecule has 0 fully saturated rings. The van der Waals surface area contributed by atoms with Gasteiger partial charge in [0.15, 0.2) is 16.3 Å². The van der Waals surface area contributed by atoms with Gasteiger partial charge in [0.05, 0.1) is 29.5 Å². The van der Waals surface area contributed by atoms with Gasteiger partial charge in [-0.05, 0) is 29.8 Å². The van der Waals surface area contributed by atoms with E-state index in [2.05, 4.69) is 4.99 Å². The van der Waals surface area contributed by atoms with Crippen LogP contribution in [0.5, 0.6) is 17.2 Å². The van der Waals surface area contributed by atoms with Crippen LogP contribution in [0.25, 0.3) is 21.0 Å². The molecular formula is C25H22N2O6S. The van der Waals surface area contributed by atoms with Gasteiger partial charge in [-0.3, -0.25) is 9.59 Å². The molecule has 9 heteroatoms. The molecule has 1 aromatic heterocycles. The molecule has 0 atom stereocenters. The van der Waals surface area contributed by atoms with Crippen LogP contribution in [0, 0.1) is 0 Å². The Morgan fingerprint density at radius 3 is 2.47 bits per heavy atom. The molecular weight excluding hydrogens is 456 g/mol. The first-order valence-corrected chi connectivity index (χ1v) is 11.6. The third kappa shape index (κ3) is 4.10. The Hall–Kier alpha value is -3.85. The van der Waals surface area contributed by atoms with Gasteiger partial charge < -0.3 is 23.5 Å². The zero-order chi connectivity index (χ0) is 23.7. The molecule has 1 amide bonds. The van der Waals surface area contributed by atoms with Crippen LogP contribution in [0.1, 0.15) is 17.3 Å². The number of methoxy groups -OCH3 is 1. The average Bonchev–Trinajstić information content (AvgIpc) is 3.17. The quantitative estimate of drug-likeness (QED) is 0.404. The highest BCUT2D eigenvalue weighted by Crippen LogP contribution is 2.35. The van der Waals surface area contributed by atoms with E-state index in [0.29, 0.717) is 46.3 Å². The number of thiazole rings is 1. The summed E-state index contributed by atoms with van der Waals surface area (Å²) in [5.74, 6) is 0.752. The minimum atomic E-state index is -0.468. The Bertz CT molecular complexity index is 1490. The maximum Gasteiger partial charge on any atom is 0.326 e. The molecule has 3 aromatic carbocycles. The third-order valence-electron chi connectivity index (χ3n) is 5.43. The van der Waals surface area contributed by atoms with Crippen molar-refractivity contribution >= 4 is 44.2 Å². The van der Waals surface area contributed by atoms with E-state index in [4.69, 9.17) is 18.9 Å². The van der Waals surface area contributed by atoms with Crippen molar-refractivity contribution in [2.75, 3.05) is 26.9 Å². The molecule has 34 heavy (non-hydrogen) atoms. The molecule has 0 radical (unpaired) electrons. The molecule has 0 bridgehead atoms. The Morgan fingerprint density at radius 1 is 1.06 bits per heavy atom. The zero-order valence-electron chi connectivity index (χ0n) is 18.7. The van der Waals surface area contributed by atoms with Crippen molar-refractivity contribution in [2.45, 2.75) is 13.5 Å². The molecule has 174 valence electrons. The van der Waals surface area contributed by atoms with Gasteiger partial charge in [0, 0.05) is 12.1 Å². The minimum Gasteiger partial charge on any atom is -0.496 e. The number of rotatable bonds is 5. The Balaban J connectivity index is 1.66. The van der Waals surface area contributed by atoms with Crippen LogP contribution in [-0.4, -0.2) is 43.4 Å². The van der Waals surface area contributed by atoms with Crippen LogP contribution >= 0.6 is 11.3 Å². The summed E-state index contributed by atoms with van der Waals surface area (Å²) in [5.41, 5.74) is 1.05. The highest BCUT2D eigenvalue weighted by atomic mass is 32.1. The van der Waals surface area contributed by atoms with Crippen molar-refractivity contribution in [3.8, 4) is 17.2 Å². The number of hydrogen-bond donors (Lipinski definition) is 0. The number of hydrogen-bond acceptors (Lipinski definition) is 7. The molecule has 0 spiro atoms. The number of esters is 1. The van der Waals surface area contributed by atoms with Gasteiger partial charge in [0.2, 0.25) is 0 Å². The van der Waals surface area contributed by atoms with E-state index < -0.39 is 11.9 Å². The summed E-state index contributed by atoms with van der Waals surface area (Å²) in [6.07, 6.45) is 0. The fraction of sp³-hybridized carbons (Fsp3) is 0.240. The second-order valence-corrected chi connectivity index (χ2v) is 8.57. The normalized spacial score (nSPS) is 13.3. The summed E-state index contributed by atoms with van der Waals surface area (Å²) in [6, 6.07) is 14.9. The van der Waals surface area contributed by atoms with Crippen LogP contribution in [0.15, 0.2) is 53.5 Å². The Kier molecular flexibility index (Phi) is 5.93. The average molecular weight is 479 g/mol. The predicted molar refractivity (Wildman–Crippen MR) is 128 cm³/mol. The fourth-order valence-electron chi connectivity index (χ4n) is 3.88. The van der Waals surface area contributed by atoms with Crippen molar-refractivity contribution in [2.24, 2.45) is 4.99 Å². The standard InChI is InChI=1S/C25H22N2O6S/c1-3-31-23(28)14-27-18-12-20-21(33-9-8-32-20)13-22(18)34-25(27)26-24(29)17-10-15-6-4-5-7-16(15)11-19(17)30-2/h4-7,10-13H,3,8-9,14H2,1-2H3. The topological polar surface area (TPSA) is 88.4 Å². The SMILES string of the molecule is CCOC(=O)Cn1c(=NC(=O)c2cc3ccccc3cc2OC)sc2cc3c(cc21)OCCO3. The summed E-state index contributed by atoms with van der Waals surface area (Å²) in [6.45, 7) is 2.82. The number of carbonyl (C=O) groups excluding carboxylic acids is 2. The van der Waals surface area contributed by atoms with E-state index in [1.54, 1.807) is 23.6 Å². The number of benzene rings is 3. The summed E-state index contributed by atoms with van der Waals surface area (Å²) >= 11 is 1.29. The minimum absolute atomic E-state index is 0.0888. The maximum atomic E-state index is 13.3. The van der Waals surface area contributed by atoms with Gasteiger partial charge in [-0.2, -0.15) is 4.99 Å². The highest BCUT2D eigenvalue weighted by Gasteiger charge is 2.20. The number of fused-ring (bicyclic) bond motifs is 3. The summed E-state index contributed by atoms with van der Waals surface area (Å²) in [7, 11) is 1.52. The molecule has 0 N–H and O–H groups in total. The van der Waals surface area contributed by atoms with Gasteiger partial charge in [-0.1, -0.05) is 35.6 Å². The lowest BCUT2D eigenvalue weighted by Crippen LogP contribution is -2.23. The van der Waals surface area contributed by atoms with E-state index >= 15 is 0 Å². The Morgan fingerprint density at radius 2 is 1.76 bits per heavy atom. The lowest BCUT2D eigenvalue weighted by molar-refractivity contribution is -0.143. The first-order chi connectivity index (χ1) is 16.6. The molecule has 2 heterocycles. The molecule has 1 aliphatic heterocycles. The Labute approximate surface area is 199 Å². The number of amides is 1. The van der Waals surface area contributed by atoms with Crippen LogP contribution < -0.4 is 19.0 Å². The smallest absolute Gasteiger partial charge is 0.326 e. The fourth-order valence-corrected chi connectivity index (χ4v) is 4.92. The second-order valence-electron chi connectivity index (χ2n) is 7.56. The molecule has 0 saturated heterocycles. The molecule has 0 unspecified atom stereocenters. The van der Waals surface area contributed by atoms with Crippen molar-refractivity contribution in [1.29, 1.82) is 0 Å². The van der Waals surface area contributed by atoms with Crippen molar-refractivity contribution in [3.63, 3.8) is 0 Å². The van der Waals surface area contributed by atoms with Crippen molar-refractivity contribution < 1.29 is 28.5 Å². The molecule has 4 aromatic rings. The largest absolute Gasteiger partial charge is 0.496 e. The molecule has 5 rings (SSSR count). The second kappa shape index (κ2) is 9.18.